The molecule has 3 aliphatic rings. The summed E-state index contributed by atoms with van der Waals surface area (Å²) in [7, 11) is 5.54. The second-order valence-corrected chi connectivity index (χ2v) is 11.0. The highest BCUT2D eigenvalue weighted by atomic mass is 16.5. The van der Waals surface area contributed by atoms with E-state index in [1.807, 2.05) is 25.1 Å². The number of carbonyl (C=O) groups excluding carboxylic acids is 1. The molecule has 1 amide bonds. The quantitative estimate of drug-likeness (QED) is 0.472. The Hall–Kier alpha value is -2.95. The number of aliphatic hydroxyl groups is 1. The van der Waals surface area contributed by atoms with E-state index in [1.165, 1.54) is 12.8 Å². The smallest absolute Gasteiger partial charge is 0.231 e. The SMILES string of the molecule is COc1cc(C(O)NC2CCN(C)CC2)ccc1Nc1ncc2c(n1)N(C1CCCC1)C[C@@H](C)C(=O)N2C. The molecule has 0 spiro atoms. The van der Waals surface area contributed by atoms with Crippen molar-refractivity contribution >= 4 is 29.0 Å². The highest BCUT2D eigenvalue weighted by Crippen LogP contribution is 2.38. The lowest BCUT2D eigenvalue weighted by Gasteiger charge is -2.31. The Morgan fingerprint density at radius 3 is 2.58 bits per heavy atom. The number of anilines is 4. The zero-order valence-electron chi connectivity index (χ0n) is 23.0. The summed E-state index contributed by atoms with van der Waals surface area (Å²) in [6.07, 6.45) is 7.61. The summed E-state index contributed by atoms with van der Waals surface area (Å²) >= 11 is 0. The fraction of sp³-hybridized carbons (Fsp3) is 0.607. The summed E-state index contributed by atoms with van der Waals surface area (Å²) in [6, 6.07) is 6.28. The Bertz CT molecular complexity index is 1130. The van der Waals surface area contributed by atoms with E-state index in [4.69, 9.17) is 9.72 Å². The molecule has 2 fully saturated rings. The monoisotopic (exact) mass is 523 g/mol. The molecule has 1 unspecified atom stereocenters. The number of likely N-dealkylation sites (tertiary alicyclic amines) is 1. The second-order valence-electron chi connectivity index (χ2n) is 11.0. The van der Waals surface area contributed by atoms with Crippen molar-refractivity contribution in [3.05, 3.63) is 30.0 Å². The number of methoxy groups -OCH3 is 1. The summed E-state index contributed by atoms with van der Waals surface area (Å²) in [5.74, 6) is 1.80. The Balaban J connectivity index is 1.37. The van der Waals surface area contributed by atoms with Crippen LogP contribution >= 0.6 is 0 Å². The van der Waals surface area contributed by atoms with Gasteiger partial charge in [-0.1, -0.05) is 25.8 Å². The van der Waals surface area contributed by atoms with Crippen LogP contribution < -0.4 is 25.2 Å². The molecule has 0 bridgehead atoms. The molecule has 3 N–H and O–H groups in total. The van der Waals surface area contributed by atoms with Crippen molar-refractivity contribution in [2.75, 3.05) is 56.0 Å². The van der Waals surface area contributed by atoms with E-state index in [-0.39, 0.29) is 17.9 Å². The van der Waals surface area contributed by atoms with Crippen LogP contribution in [0.25, 0.3) is 0 Å². The predicted molar refractivity (Wildman–Crippen MR) is 149 cm³/mol. The molecule has 10 heteroatoms. The van der Waals surface area contributed by atoms with Crippen molar-refractivity contribution in [1.29, 1.82) is 0 Å². The molecule has 1 aromatic carbocycles. The molecule has 1 aromatic heterocycles. The number of hydrogen-bond acceptors (Lipinski definition) is 9. The maximum Gasteiger partial charge on any atom is 0.231 e. The number of hydrogen-bond donors (Lipinski definition) is 3. The fourth-order valence-corrected chi connectivity index (χ4v) is 5.92. The standard InChI is InChI=1S/C28H41N7O3/c1-18-17-35(21-7-5-6-8-21)25-23(34(3)27(18)37)16-29-28(32-25)31-22-10-9-19(15-24(22)38-4)26(36)30-20-11-13-33(2)14-12-20/h9-10,15-16,18,20-21,26,30,36H,5-8,11-14,17H2,1-4H3,(H,29,31,32)/t18-,26?/m1/s1. The van der Waals surface area contributed by atoms with Gasteiger partial charge in [0.25, 0.3) is 0 Å². The van der Waals surface area contributed by atoms with E-state index in [9.17, 15) is 9.90 Å². The van der Waals surface area contributed by atoms with Crippen LogP contribution in [-0.4, -0.2) is 78.8 Å². The van der Waals surface area contributed by atoms with E-state index in [2.05, 4.69) is 32.5 Å². The number of carbonyl (C=O) groups is 1. The molecule has 2 aliphatic heterocycles. The van der Waals surface area contributed by atoms with Crippen LogP contribution in [0.2, 0.25) is 0 Å². The molecule has 1 saturated heterocycles. The minimum atomic E-state index is -0.773. The molecule has 1 saturated carbocycles. The normalized spacial score (nSPS) is 22.3. The molecule has 0 radical (unpaired) electrons. The molecule has 10 nitrogen and oxygen atoms in total. The lowest BCUT2D eigenvalue weighted by Crippen LogP contribution is -2.42. The summed E-state index contributed by atoms with van der Waals surface area (Å²) in [5, 5.41) is 17.5. The van der Waals surface area contributed by atoms with Crippen molar-refractivity contribution in [2.24, 2.45) is 5.92 Å². The van der Waals surface area contributed by atoms with Crippen LogP contribution in [0.5, 0.6) is 5.75 Å². The number of nitrogens with one attached hydrogen (secondary N) is 2. The van der Waals surface area contributed by atoms with Crippen LogP contribution in [0.3, 0.4) is 0 Å². The van der Waals surface area contributed by atoms with Crippen molar-refractivity contribution in [1.82, 2.24) is 20.2 Å². The zero-order valence-corrected chi connectivity index (χ0v) is 23.0. The predicted octanol–water partition coefficient (Wildman–Crippen LogP) is 3.27. The van der Waals surface area contributed by atoms with E-state index in [0.717, 1.165) is 55.8 Å². The summed E-state index contributed by atoms with van der Waals surface area (Å²) in [6.45, 7) is 4.69. The van der Waals surface area contributed by atoms with Gasteiger partial charge in [0.15, 0.2) is 5.82 Å². The van der Waals surface area contributed by atoms with Gasteiger partial charge in [-0.3, -0.25) is 10.1 Å². The van der Waals surface area contributed by atoms with Crippen LogP contribution in [-0.2, 0) is 4.79 Å². The molecule has 206 valence electrons. The highest BCUT2D eigenvalue weighted by Gasteiger charge is 2.35. The number of aromatic nitrogens is 2. The van der Waals surface area contributed by atoms with Crippen LogP contribution in [0, 0.1) is 5.92 Å². The summed E-state index contributed by atoms with van der Waals surface area (Å²) in [4.78, 5) is 28.7. The molecule has 1 aliphatic carbocycles. The molecular formula is C28H41N7O3. The third kappa shape index (κ3) is 5.57. The minimum absolute atomic E-state index is 0.0840. The average Bonchev–Trinajstić information content (AvgIpc) is 3.44. The number of benzene rings is 1. The Morgan fingerprint density at radius 1 is 1.13 bits per heavy atom. The van der Waals surface area contributed by atoms with E-state index >= 15 is 0 Å². The van der Waals surface area contributed by atoms with Gasteiger partial charge < -0.3 is 29.9 Å². The molecule has 38 heavy (non-hydrogen) atoms. The van der Waals surface area contributed by atoms with Crippen molar-refractivity contribution < 1.29 is 14.6 Å². The number of aliphatic hydroxyl groups excluding tert-OH is 1. The first-order valence-corrected chi connectivity index (χ1v) is 13.8. The van der Waals surface area contributed by atoms with E-state index in [0.29, 0.717) is 30.0 Å². The fourth-order valence-electron chi connectivity index (χ4n) is 5.92. The van der Waals surface area contributed by atoms with E-state index < -0.39 is 6.23 Å². The van der Waals surface area contributed by atoms with Crippen molar-refractivity contribution in [3.63, 3.8) is 0 Å². The molecule has 2 aromatic rings. The highest BCUT2D eigenvalue weighted by molar-refractivity contribution is 5.98. The van der Waals surface area contributed by atoms with Crippen LogP contribution in [0.1, 0.15) is 57.2 Å². The zero-order chi connectivity index (χ0) is 26.8. The van der Waals surface area contributed by atoms with Gasteiger partial charge in [0.05, 0.1) is 24.9 Å². The minimum Gasteiger partial charge on any atom is -0.495 e. The number of ether oxygens (including phenoxy) is 1. The van der Waals surface area contributed by atoms with Gasteiger partial charge >= 0.3 is 0 Å². The maximum atomic E-state index is 12.9. The van der Waals surface area contributed by atoms with Gasteiger partial charge in [0.1, 0.15) is 17.7 Å². The van der Waals surface area contributed by atoms with Crippen LogP contribution in [0.15, 0.2) is 24.4 Å². The number of fused-ring (bicyclic) bond motifs is 1. The second kappa shape index (κ2) is 11.4. The average molecular weight is 524 g/mol. The first kappa shape index (κ1) is 26.6. The maximum absolute atomic E-state index is 12.9. The molecule has 2 atom stereocenters. The van der Waals surface area contributed by atoms with Gasteiger partial charge in [0, 0.05) is 25.7 Å². The Kier molecular flexibility index (Phi) is 8.01. The molecule has 3 heterocycles. The Labute approximate surface area is 225 Å². The van der Waals surface area contributed by atoms with Gasteiger partial charge in [-0.25, -0.2) is 4.98 Å². The van der Waals surface area contributed by atoms with Crippen LogP contribution in [0.4, 0.5) is 23.1 Å². The van der Waals surface area contributed by atoms with Gasteiger partial charge in [-0.05, 0) is 63.5 Å². The largest absolute Gasteiger partial charge is 0.495 e. The summed E-state index contributed by atoms with van der Waals surface area (Å²) < 4.78 is 5.67. The lowest BCUT2D eigenvalue weighted by molar-refractivity contribution is -0.121. The lowest BCUT2D eigenvalue weighted by atomic mass is 10.0. The number of nitrogens with zero attached hydrogens (tertiary/aromatic N) is 5. The third-order valence-corrected chi connectivity index (χ3v) is 8.27. The van der Waals surface area contributed by atoms with Crippen molar-refractivity contribution in [3.8, 4) is 5.75 Å². The van der Waals surface area contributed by atoms with Gasteiger partial charge in [0.2, 0.25) is 11.9 Å². The molecule has 5 rings (SSSR count). The van der Waals surface area contributed by atoms with E-state index in [1.54, 1.807) is 25.3 Å². The topological polar surface area (TPSA) is 106 Å². The molecular weight excluding hydrogens is 482 g/mol. The van der Waals surface area contributed by atoms with Gasteiger partial charge in [-0.15, -0.1) is 0 Å². The number of rotatable bonds is 7. The Morgan fingerprint density at radius 2 is 1.87 bits per heavy atom. The van der Waals surface area contributed by atoms with Gasteiger partial charge in [-0.2, -0.15) is 4.98 Å². The first-order valence-electron chi connectivity index (χ1n) is 13.8. The third-order valence-electron chi connectivity index (χ3n) is 8.27. The first-order chi connectivity index (χ1) is 18.3. The summed E-state index contributed by atoms with van der Waals surface area (Å²) in [5.41, 5.74) is 2.19. The van der Waals surface area contributed by atoms with Crippen molar-refractivity contribution in [2.45, 2.75) is 63.8 Å². The number of amides is 1. The number of piperidine rings is 1.